The first-order chi connectivity index (χ1) is 12.8. The Hall–Kier alpha value is -2.22. The zero-order chi connectivity index (χ0) is 20.2. The Balaban J connectivity index is 2.65. The predicted octanol–water partition coefficient (Wildman–Crippen LogP) is 2.05. The van der Waals surface area contributed by atoms with Crippen LogP contribution in [0.3, 0.4) is 0 Å². The minimum atomic E-state index is -0.797. The van der Waals surface area contributed by atoms with E-state index in [4.69, 9.17) is 10.5 Å². The summed E-state index contributed by atoms with van der Waals surface area (Å²) < 4.78 is 5.18. The summed E-state index contributed by atoms with van der Waals surface area (Å²) >= 11 is 1.56. The molecular weight excluding hydrogens is 366 g/mol. The van der Waals surface area contributed by atoms with Gasteiger partial charge in [0.15, 0.2) is 0 Å². The highest BCUT2D eigenvalue weighted by Gasteiger charge is 2.26. The van der Waals surface area contributed by atoms with E-state index in [-0.39, 0.29) is 12.5 Å². The highest BCUT2D eigenvalue weighted by Crippen LogP contribution is 2.07. The largest absolute Gasteiger partial charge is 0.445 e. The van der Waals surface area contributed by atoms with Crippen molar-refractivity contribution >= 4 is 29.7 Å². The van der Waals surface area contributed by atoms with E-state index in [1.54, 1.807) is 11.8 Å². The first-order valence-electron chi connectivity index (χ1n) is 8.89. The average Bonchev–Trinajstić information content (AvgIpc) is 2.63. The summed E-state index contributed by atoms with van der Waals surface area (Å²) in [7, 11) is 0. The molecule has 0 aliphatic rings. The number of hydrogen-bond acceptors (Lipinski definition) is 5. The van der Waals surface area contributed by atoms with E-state index in [9.17, 15) is 14.4 Å². The number of primary amides is 1. The van der Waals surface area contributed by atoms with Crippen molar-refractivity contribution in [2.24, 2.45) is 11.7 Å². The molecule has 2 atom stereocenters. The number of nitrogens with one attached hydrogen (secondary N) is 2. The lowest BCUT2D eigenvalue weighted by Crippen LogP contribution is -2.53. The molecule has 0 aliphatic carbocycles. The molecule has 4 N–H and O–H groups in total. The molecule has 150 valence electrons. The standard InChI is InChI=1S/C19H29N3O4S/c1-13(2)11-16(17(20)23)21-18(24)15(9-10-27-3)22-19(25)26-12-14-7-5-4-6-8-14/h4-8,13,15-16H,9-12H2,1-3H3,(H2,20,23)(H,21,24)(H,22,25)/t15-,16-/m1/s1. The van der Waals surface area contributed by atoms with E-state index in [1.165, 1.54) is 0 Å². The number of ether oxygens (including phenoxy) is 1. The molecule has 0 fully saturated rings. The van der Waals surface area contributed by atoms with E-state index in [0.29, 0.717) is 18.6 Å². The van der Waals surface area contributed by atoms with E-state index in [1.807, 2.05) is 50.4 Å². The third-order valence-corrected chi connectivity index (χ3v) is 4.44. The molecule has 0 saturated heterocycles. The van der Waals surface area contributed by atoms with Gasteiger partial charge in [0.2, 0.25) is 11.8 Å². The Kier molecular flexibility index (Phi) is 10.3. The molecule has 0 aromatic heterocycles. The van der Waals surface area contributed by atoms with Gasteiger partial charge < -0.3 is 21.1 Å². The van der Waals surface area contributed by atoms with Crippen LogP contribution >= 0.6 is 11.8 Å². The summed E-state index contributed by atoms with van der Waals surface area (Å²) in [4.78, 5) is 36.2. The number of nitrogens with two attached hydrogens (primary N) is 1. The SMILES string of the molecule is CSCC[C@@H](NC(=O)OCc1ccccc1)C(=O)N[C@H](CC(C)C)C(N)=O. The zero-order valence-corrected chi connectivity index (χ0v) is 16.9. The molecule has 8 heteroatoms. The second-order valence-corrected chi connectivity index (χ2v) is 7.62. The topological polar surface area (TPSA) is 111 Å². The molecular formula is C19H29N3O4S. The van der Waals surface area contributed by atoms with Gasteiger partial charge in [0, 0.05) is 0 Å². The molecule has 1 aromatic rings. The van der Waals surface area contributed by atoms with Crippen LogP contribution in [0.15, 0.2) is 30.3 Å². The number of thioether (sulfide) groups is 1. The highest BCUT2D eigenvalue weighted by atomic mass is 32.2. The third-order valence-electron chi connectivity index (χ3n) is 3.80. The van der Waals surface area contributed by atoms with Crippen LogP contribution in [0.2, 0.25) is 0 Å². The molecule has 1 aromatic carbocycles. The van der Waals surface area contributed by atoms with Crippen LogP contribution in [0.5, 0.6) is 0 Å². The monoisotopic (exact) mass is 395 g/mol. The number of benzene rings is 1. The lowest BCUT2D eigenvalue weighted by molar-refractivity contribution is -0.128. The van der Waals surface area contributed by atoms with Crippen molar-refractivity contribution < 1.29 is 19.1 Å². The fraction of sp³-hybridized carbons (Fsp3) is 0.526. The van der Waals surface area contributed by atoms with Crippen molar-refractivity contribution in [3.8, 4) is 0 Å². The molecule has 1 rings (SSSR count). The molecule has 0 saturated carbocycles. The van der Waals surface area contributed by atoms with Crippen LogP contribution in [0.4, 0.5) is 4.79 Å². The second-order valence-electron chi connectivity index (χ2n) is 6.63. The van der Waals surface area contributed by atoms with Crippen LogP contribution in [0.1, 0.15) is 32.3 Å². The normalized spacial score (nSPS) is 12.9. The van der Waals surface area contributed by atoms with Crippen LogP contribution in [0, 0.1) is 5.92 Å². The molecule has 27 heavy (non-hydrogen) atoms. The van der Waals surface area contributed by atoms with Crippen LogP contribution < -0.4 is 16.4 Å². The van der Waals surface area contributed by atoms with Gasteiger partial charge in [-0.1, -0.05) is 44.2 Å². The first-order valence-corrected chi connectivity index (χ1v) is 10.3. The van der Waals surface area contributed by atoms with Crippen molar-refractivity contribution in [1.29, 1.82) is 0 Å². The maximum atomic E-state index is 12.6. The van der Waals surface area contributed by atoms with Crippen molar-refractivity contribution in [2.45, 2.75) is 45.4 Å². The fourth-order valence-electron chi connectivity index (χ4n) is 2.40. The van der Waals surface area contributed by atoms with Gasteiger partial charge >= 0.3 is 6.09 Å². The maximum absolute atomic E-state index is 12.6. The van der Waals surface area contributed by atoms with Gasteiger partial charge in [-0.25, -0.2) is 4.79 Å². The molecule has 0 radical (unpaired) electrons. The summed E-state index contributed by atoms with van der Waals surface area (Å²) in [6, 6.07) is 7.70. The quantitative estimate of drug-likeness (QED) is 0.531. The number of carbonyl (C=O) groups excluding carboxylic acids is 3. The smallest absolute Gasteiger partial charge is 0.408 e. The average molecular weight is 396 g/mol. The van der Waals surface area contributed by atoms with Gasteiger partial charge in [0.1, 0.15) is 18.7 Å². The summed E-state index contributed by atoms with van der Waals surface area (Å²) in [6.07, 6.45) is 2.09. The lowest BCUT2D eigenvalue weighted by atomic mass is 10.0. The number of amides is 3. The van der Waals surface area contributed by atoms with Crippen molar-refractivity contribution in [3.05, 3.63) is 35.9 Å². The minimum Gasteiger partial charge on any atom is -0.445 e. The van der Waals surface area contributed by atoms with Crippen molar-refractivity contribution in [1.82, 2.24) is 10.6 Å². The third kappa shape index (κ3) is 9.33. The molecule has 3 amide bonds. The van der Waals surface area contributed by atoms with Crippen molar-refractivity contribution in [2.75, 3.05) is 12.0 Å². The summed E-state index contributed by atoms with van der Waals surface area (Å²) in [5.41, 5.74) is 6.23. The fourth-order valence-corrected chi connectivity index (χ4v) is 2.87. The van der Waals surface area contributed by atoms with Crippen molar-refractivity contribution in [3.63, 3.8) is 0 Å². The molecule has 7 nitrogen and oxygen atoms in total. The van der Waals surface area contributed by atoms with Gasteiger partial charge in [-0.3, -0.25) is 9.59 Å². The van der Waals surface area contributed by atoms with Crippen LogP contribution in [0.25, 0.3) is 0 Å². The van der Waals surface area contributed by atoms with Crippen LogP contribution in [-0.4, -0.2) is 42.0 Å². The Morgan fingerprint density at radius 2 is 1.78 bits per heavy atom. The predicted molar refractivity (Wildman–Crippen MR) is 107 cm³/mol. The van der Waals surface area contributed by atoms with Gasteiger partial charge in [-0.2, -0.15) is 11.8 Å². The minimum absolute atomic E-state index is 0.112. The summed E-state index contributed by atoms with van der Waals surface area (Å²) in [5, 5.41) is 5.22. The molecule has 0 unspecified atom stereocenters. The van der Waals surface area contributed by atoms with Gasteiger partial charge in [-0.05, 0) is 36.3 Å². The number of carbonyl (C=O) groups is 3. The zero-order valence-electron chi connectivity index (χ0n) is 16.1. The molecule has 0 spiro atoms. The summed E-state index contributed by atoms with van der Waals surface area (Å²) in [6.45, 7) is 3.99. The molecule has 0 aliphatic heterocycles. The lowest BCUT2D eigenvalue weighted by Gasteiger charge is -2.22. The van der Waals surface area contributed by atoms with Gasteiger partial charge in [0.05, 0.1) is 0 Å². The second kappa shape index (κ2) is 12.2. The van der Waals surface area contributed by atoms with E-state index >= 15 is 0 Å². The van der Waals surface area contributed by atoms with Gasteiger partial charge in [-0.15, -0.1) is 0 Å². The number of hydrogen-bond donors (Lipinski definition) is 3. The van der Waals surface area contributed by atoms with Gasteiger partial charge in [0.25, 0.3) is 0 Å². The van der Waals surface area contributed by atoms with E-state index < -0.39 is 30.0 Å². The highest BCUT2D eigenvalue weighted by molar-refractivity contribution is 7.98. The maximum Gasteiger partial charge on any atom is 0.408 e. The van der Waals surface area contributed by atoms with E-state index in [2.05, 4.69) is 10.6 Å². The number of rotatable bonds is 11. The molecule has 0 heterocycles. The van der Waals surface area contributed by atoms with Crippen LogP contribution in [-0.2, 0) is 20.9 Å². The first kappa shape index (κ1) is 22.8. The summed E-state index contributed by atoms with van der Waals surface area (Å²) in [5.74, 6) is -0.170. The number of alkyl carbamates (subject to hydrolysis) is 1. The molecule has 0 bridgehead atoms. The van der Waals surface area contributed by atoms with E-state index in [0.717, 1.165) is 5.56 Å². The Morgan fingerprint density at radius 1 is 1.11 bits per heavy atom. The Bertz CT molecular complexity index is 610. The Labute approximate surface area is 164 Å². The Morgan fingerprint density at radius 3 is 2.33 bits per heavy atom.